The van der Waals surface area contributed by atoms with E-state index in [0.717, 1.165) is 12.8 Å². The van der Waals surface area contributed by atoms with Crippen LogP contribution in [0.4, 0.5) is 0 Å². The van der Waals surface area contributed by atoms with Gasteiger partial charge in [0.2, 0.25) is 11.8 Å². The van der Waals surface area contributed by atoms with Crippen molar-refractivity contribution in [3.63, 3.8) is 0 Å². The fourth-order valence-corrected chi connectivity index (χ4v) is 2.65. The molecule has 0 radical (unpaired) electrons. The molecule has 1 saturated carbocycles. The summed E-state index contributed by atoms with van der Waals surface area (Å²) in [5, 5.41) is 5.44. The maximum Gasteiger partial charge on any atom is 0.239 e. The van der Waals surface area contributed by atoms with Gasteiger partial charge in [-0.3, -0.25) is 9.59 Å². The molecule has 0 saturated heterocycles. The fourth-order valence-electron chi connectivity index (χ4n) is 2.36. The lowest BCUT2D eigenvalue weighted by atomic mass is 9.85. The van der Waals surface area contributed by atoms with Gasteiger partial charge in [-0.1, -0.05) is 25.1 Å². The summed E-state index contributed by atoms with van der Waals surface area (Å²) in [5.41, 5.74) is 4.65. The van der Waals surface area contributed by atoms with E-state index in [1.807, 2.05) is 20.8 Å². The second-order valence-electron chi connectivity index (χ2n) is 6.13. The van der Waals surface area contributed by atoms with Crippen LogP contribution in [0, 0.1) is 5.41 Å². The molecule has 1 fully saturated rings. The van der Waals surface area contributed by atoms with Crippen molar-refractivity contribution in [1.82, 2.24) is 10.6 Å². The van der Waals surface area contributed by atoms with Gasteiger partial charge in [-0.15, -0.1) is 0 Å². The molecule has 1 rings (SSSR count). The van der Waals surface area contributed by atoms with Gasteiger partial charge in [0, 0.05) is 5.54 Å². The molecular formula is C13H23N3O2S. The maximum absolute atomic E-state index is 12.2. The van der Waals surface area contributed by atoms with Crippen molar-refractivity contribution >= 4 is 29.0 Å². The summed E-state index contributed by atoms with van der Waals surface area (Å²) in [4.78, 5) is 24.1. The smallest absolute Gasteiger partial charge is 0.239 e. The van der Waals surface area contributed by atoms with E-state index in [4.69, 9.17) is 18.0 Å². The van der Waals surface area contributed by atoms with Crippen LogP contribution in [0.1, 0.15) is 46.5 Å². The Labute approximate surface area is 119 Å². The first-order valence-electron chi connectivity index (χ1n) is 6.57. The SMILES string of the molecule is CC(C)(C)NC(=O)CNC(=O)C1(C(N)=S)CCCC1. The maximum atomic E-state index is 12.2. The van der Waals surface area contributed by atoms with E-state index in [0.29, 0.717) is 12.8 Å². The number of rotatable bonds is 4. The van der Waals surface area contributed by atoms with E-state index < -0.39 is 5.41 Å². The molecule has 0 aromatic heterocycles. The second kappa shape index (κ2) is 5.86. The summed E-state index contributed by atoms with van der Waals surface area (Å²) in [6, 6.07) is 0. The van der Waals surface area contributed by atoms with Crippen molar-refractivity contribution in [2.75, 3.05) is 6.54 Å². The molecule has 0 heterocycles. The Morgan fingerprint density at radius 1 is 1.26 bits per heavy atom. The predicted molar refractivity (Wildman–Crippen MR) is 78.6 cm³/mol. The summed E-state index contributed by atoms with van der Waals surface area (Å²) in [6.07, 6.45) is 3.24. The molecule has 0 bridgehead atoms. The Bertz CT molecular complexity index is 382. The zero-order chi connectivity index (χ0) is 14.7. The van der Waals surface area contributed by atoms with E-state index in [1.165, 1.54) is 0 Å². The minimum absolute atomic E-state index is 0.0412. The number of carbonyl (C=O) groups excluding carboxylic acids is 2. The van der Waals surface area contributed by atoms with Gasteiger partial charge in [0.25, 0.3) is 0 Å². The quantitative estimate of drug-likeness (QED) is 0.669. The molecule has 0 atom stereocenters. The predicted octanol–water partition coefficient (Wildman–Crippen LogP) is 0.864. The van der Waals surface area contributed by atoms with Crippen molar-refractivity contribution in [3.8, 4) is 0 Å². The fraction of sp³-hybridized carbons (Fsp3) is 0.769. The van der Waals surface area contributed by atoms with E-state index in [-0.39, 0.29) is 28.9 Å². The summed E-state index contributed by atoms with van der Waals surface area (Å²) < 4.78 is 0. The molecule has 0 spiro atoms. The lowest BCUT2D eigenvalue weighted by molar-refractivity contribution is -0.130. The Balaban J connectivity index is 2.55. The summed E-state index contributed by atoms with van der Waals surface area (Å²) in [6.45, 7) is 5.63. The number of hydrogen-bond donors (Lipinski definition) is 3. The lowest BCUT2D eigenvalue weighted by Gasteiger charge is -2.26. The molecule has 6 heteroatoms. The molecule has 0 aromatic rings. The van der Waals surface area contributed by atoms with Gasteiger partial charge < -0.3 is 16.4 Å². The first-order chi connectivity index (χ1) is 8.67. The van der Waals surface area contributed by atoms with Crippen LogP contribution in [0.15, 0.2) is 0 Å². The zero-order valence-electron chi connectivity index (χ0n) is 11.8. The topological polar surface area (TPSA) is 84.2 Å². The summed E-state index contributed by atoms with van der Waals surface area (Å²) >= 11 is 5.03. The van der Waals surface area contributed by atoms with Crippen LogP contribution in [0.5, 0.6) is 0 Å². The number of thiocarbonyl (C=S) groups is 1. The third-order valence-electron chi connectivity index (χ3n) is 3.29. The third kappa shape index (κ3) is 4.16. The average Bonchev–Trinajstić information content (AvgIpc) is 2.73. The van der Waals surface area contributed by atoms with Gasteiger partial charge in [0.1, 0.15) is 0 Å². The van der Waals surface area contributed by atoms with Crippen LogP contribution in [0.2, 0.25) is 0 Å². The highest BCUT2D eigenvalue weighted by molar-refractivity contribution is 7.80. The van der Waals surface area contributed by atoms with Gasteiger partial charge in [-0.25, -0.2) is 0 Å². The number of nitrogens with one attached hydrogen (secondary N) is 2. The first-order valence-corrected chi connectivity index (χ1v) is 6.97. The number of nitrogens with two attached hydrogens (primary N) is 1. The Morgan fingerprint density at radius 2 is 1.79 bits per heavy atom. The highest BCUT2D eigenvalue weighted by atomic mass is 32.1. The molecule has 1 aliphatic rings. The van der Waals surface area contributed by atoms with Gasteiger partial charge in [0.05, 0.1) is 16.9 Å². The van der Waals surface area contributed by atoms with Crippen molar-refractivity contribution in [2.24, 2.45) is 11.1 Å². The third-order valence-corrected chi connectivity index (χ3v) is 3.68. The van der Waals surface area contributed by atoms with Crippen molar-refractivity contribution in [2.45, 2.75) is 52.0 Å². The molecule has 19 heavy (non-hydrogen) atoms. The van der Waals surface area contributed by atoms with Crippen LogP contribution in [0.25, 0.3) is 0 Å². The largest absolute Gasteiger partial charge is 0.392 e. The molecule has 0 aliphatic heterocycles. The second-order valence-corrected chi connectivity index (χ2v) is 6.57. The monoisotopic (exact) mass is 285 g/mol. The molecule has 108 valence electrons. The molecule has 0 aromatic carbocycles. The zero-order valence-corrected chi connectivity index (χ0v) is 12.7. The molecule has 2 amide bonds. The molecule has 0 unspecified atom stereocenters. The highest BCUT2D eigenvalue weighted by Gasteiger charge is 2.43. The van der Waals surface area contributed by atoms with Crippen molar-refractivity contribution in [1.29, 1.82) is 0 Å². The summed E-state index contributed by atoms with van der Waals surface area (Å²) in [5.74, 6) is -0.432. The minimum atomic E-state index is -0.753. The number of hydrogen-bond acceptors (Lipinski definition) is 3. The Kier molecular flexibility index (Phi) is 4.90. The Morgan fingerprint density at radius 3 is 2.21 bits per heavy atom. The van der Waals surface area contributed by atoms with Crippen LogP contribution < -0.4 is 16.4 Å². The van der Waals surface area contributed by atoms with Gasteiger partial charge in [-0.05, 0) is 33.6 Å². The van der Waals surface area contributed by atoms with Gasteiger partial charge in [-0.2, -0.15) is 0 Å². The van der Waals surface area contributed by atoms with E-state index in [2.05, 4.69) is 10.6 Å². The minimum Gasteiger partial charge on any atom is -0.392 e. The van der Waals surface area contributed by atoms with Crippen LogP contribution in [-0.2, 0) is 9.59 Å². The number of carbonyl (C=O) groups is 2. The van der Waals surface area contributed by atoms with Gasteiger partial charge in [0.15, 0.2) is 0 Å². The lowest BCUT2D eigenvalue weighted by Crippen LogP contribution is -2.51. The normalized spacial score (nSPS) is 17.8. The molecule has 4 N–H and O–H groups in total. The standard InChI is InChI=1S/C13H23N3O2S/c1-12(2,3)16-9(17)8-15-11(18)13(10(14)19)6-4-5-7-13/h4-8H2,1-3H3,(H2,14,19)(H,15,18)(H,16,17). The molecular weight excluding hydrogens is 262 g/mol. The average molecular weight is 285 g/mol. The van der Waals surface area contributed by atoms with Gasteiger partial charge >= 0.3 is 0 Å². The first kappa shape index (κ1) is 15.9. The number of amides is 2. The van der Waals surface area contributed by atoms with E-state index >= 15 is 0 Å². The van der Waals surface area contributed by atoms with Crippen LogP contribution in [-0.4, -0.2) is 28.9 Å². The van der Waals surface area contributed by atoms with Crippen molar-refractivity contribution < 1.29 is 9.59 Å². The van der Waals surface area contributed by atoms with Crippen molar-refractivity contribution in [3.05, 3.63) is 0 Å². The van der Waals surface area contributed by atoms with Crippen LogP contribution >= 0.6 is 12.2 Å². The Hall–Kier alpha value is -1.17. The van der Waals surface area contributed by atoms with Crippen LogP contribution in [0.3, 0.4) is 0 Å². The highest BCUT2D eigenvalue weighted by Crippen LogP contribution is 2.38. The molecule has 5 nitrogen and oxygen atoms in total. The van der Waals surface area contributed by atoms with E-state index in [9.17, 15) is 9.59 Å². The molecule has 1 aliphatic carbocycles. The van der Waals surface area contributed by atoms with E-state index in [1.54, 1.807) is 0 Å². The summed E-state index contributed by atoms with van der Waals surface area (Å²) in [7, 11) is 0.